The summed E-state index contributed by atoms with van der Waals surface area (Å²) in [6, 6.07) is -4.30. The Hall–Kier alpha value is -2.24. The van der Waals surface area contributed by atoms with E-state index in [0.29, 0.717) is 32.2 Å². The average molecular weight is 460 g/mol. The Bertz CT molecular complexity index is 617. The van der Waals surface area contributed by atoms with Gasteiger partial charge in [0.05, 0.1) is 12.6 Å². The van der Waals surface area contributed by atoms with Crippen LogP contribution in [0.1, 0.15) is 59.8 Å². The number of carboxylic acid groups (broad SMARTS) is 1. The summed E-state index contributed by atoms with van der Waals surface area (Å²) in [5, 5.41) is 26.4. The lowest BCUT2D eigenvalue weighted by molar-refractivity contribution is -0.144. The lowest BCUT2D eigenvalue weighted by Gasteiger charge is -2.28. The van der Waals surface area contributed by atoms with Crippen LogP contribution in [-0.4, -0.2) is 71.2 Å². The number of nitrogens with one attached hydrogen (secondary N) is 3. The summed E-state index contributed by atoms with van der Waals surface area (Å²) in [4.78, 5) is 49.3. The van der Waals surface area contributed by atoms with Gasteiger partial charge in [-0.05, 0) is 31.2 Å². The number of hydrogen-bond donors (Lipinski definition) is 7. The van der Waals surface area contributed by atoms with Gasteiger partial charge in [0.25, 0.3) is 0 Å². The minimum atomic E-state index is -1.37. The normalized spacial score (nSPS) is 16.7. The van der Waals surface area contributed by atoms with Crippen molar-refractivity contribution in [3.05, 3.63) is 0 Å². The third-order valence-electron chi connectivity index (χ3n) is 5.69. The van der Waals surface area contributed by atoms with Crippen molar-refractivity contribution in [1.29, 1.82) is 0 Å². The highest BCUT2D eigenvalue weighted by atomic mass is 16.4. The van der Waals surface area contributed by atoms with Gasteiger partial charge in [0.1, 0.15) is 18.1 Å². The van der Waals surface area contributed by atoms with Crippen LogP contribution in [0.2, 0.25) is 0 Å². The molecule has 6 unspecified atom stereocenters. The van der Waals surface area contributed by atoms with E-state index in [1.54, 1.807) is 20.8 Å². The Morgan fingerprint density at radius 3 is 1.84 bits per heavy atom. The Morgan fingerprint density at radius 1 is 0.844 bits per heavy atom. The van der Waals surface area contributed by atoms with Gasteiger partial charge >= 0.3 is 5.97 Å². The zero-order valence-corrected chi connectivity index (χ0v) is 19.6. The van der Waals surface area contributed by atoms with Gasteiger partial charge in [-0.15, -0.1) is 0 Å². The second kappa shape index (κ2) is 15.5. The Balaban J connectivity index is 5.25. The van der Waals surface area contributed by atoms with Crippen LogP contribution in [0.3, 0.4) is 0 Å². The first-order chi connectivity index (χ1) is 15.0. The third kappa shape index (κ3) is 9.92. The van der Waals surface area contributed by atoms with Crippen molar-refractivity contribution in [3.8, 4) is 0 Å². The first kappa shape index (κ1) is 29.8. The molecule has 0 bridgehead atoms. The SMILES string of the molecule is CCC(C)C(NC(=O)C(CO)NC(=O)C(NC(=O)C(N)CCCCN)C(C)CC)C(=O)O. The van der Waals surface area contributed by atoms with Crippen LogP contribution in [-0.2, 0) is 19.2 Å². The maximum atomic E-state index is 12.9. The number of rotatable bonds is 16. The van der Waals surface area contributed by atoms with Gasteiger partial charge in [-0.3, -0.25) is 14.4 Å². The van der Waals surface area contributed by atoms with E-state index in [9.17, 15) is 29.4 Å². The molecule has 0 aromatic rings. The van der Waals surface area contributed by atoms with Crippen LogP contribution in [0.4, 0.5) is 0 Å². The van der Waals surface area contributed by atoms with E-state index in [1.165, 1.54) is 0 Å². The molecule has 0 saturated carbocycles. The van der Waals surface area contributed by atoms with Crippen LogP contribution in [0.15, 0.2) is 0 Å². The molecule has 32 heavy (non-hydrogen) atoms. The Morgan fingerprint density at radius 2 is 1.38 bits per heavy atom. The molecule has 0 spiro atoms. The molecule has 0 saturated heterocycles. The Labute approximate surface area is 190 Å². The minimum Gasteiger partial charge on any atom is -0.480 e. The van der Waals surface area contributed by atoms with E-state index in [2.05, 4.69) is 16.0 Å². The molecular weight excluding hydrogens is 418 g/mol. The molecule has 0 aliphatic carbocycles. The predicted octanol–water partition coefficient (Wildman–Crippen LogP) is -0.934. The number of aliphatic hydroxyl groups excluding tert-OH is 1. The lowest BCUT2D eigenvalue weighted by atomic mass is 9.97. The summed E-state index contributed by atoms with van der Waals surface area (Å²) in [6.07, 6.45) is 2.91. The molecule has 0 rings (SSSR count). The van der Waals surface area contributed by atoms with Crippen molar-refractivity contribution in [1.82, 2.24) is 16.0 Å². The van der Waals surface area contributed by atoms with Crippen LogP contribution < -0.4 is 27.4 Å². The molecule has 186 valence electrons. The quantitative estimate of drug-likeness (QED) is 0.144. The van der Waals surface area contributed by atoms with Crippen molar-refractivity contribution in [3.63, 3.8) is 0 Å². The first-order valence-electron chi connectivity index (χ1n) is 11.2. The van der Waals surface area contributed by atoms with E-state index in [-0.39, 0.29) is 11.8 Å². The fourth-order valence-electron chi connectivity index (χ4n) is 2.99. The van der Waals surface area contributed by atoms with Gasteiger partial charge in [-0.25, -0.2) is 4.79 Å². The average Bonchev–Trinajstić information content (AvgIpc) is 2.77. The molecule has 0 aliphatic heterocycles. The number of amides is 3. The van der Waals surface area contributed by atoms with E-state index in [0.717, 1.165) is 6.42 Å². The zero-order chi connectivity index (χ0) is 24.8. The topological polar surface area (TPSA) is 197 Å². The van der Waals surface area contributed by atoms with Gasteiger partial charge in [0.15, 0.2) is 0 Å². The summed E-state index contributed by atoms with van der Waals surface area (Å²) < 4.78 is 0. The molecule has 0 aromatic heterocycles. The summed E-state index contributed by atoms with van der Waals surface area (Å²) in [5.74, 6) is -3.80. The van der Waals surface area contributed by atoms with E-state index < -0.39 is 54.5 Å². The van der Waals surface area contributed by atoms with Crippen molar-refractivity contribution < 1.29 is 29.4 Å². The van der Waals surface area contributed by atoms with Crippen LogP contribution >= 0.6 is 0 Å². The van der Waals surface area contributed by atoms with Crippen LogP contribution in [0.25, 0.3) is 0 Å². The fraction of sp³-hybridized carbons (Fsp3) is 0.810. The second-order valence-electron chi connectivity index (χ2n) is 8.22. The maximum Gasteiger partial charge on any atom is 0.326 e. The van der Waals surface area contributed by atoms with Crippen LogP contribution in [0, 0.1) is 11.8 Å². The molecule has 0 aromatic carbocycles. The number of unbranched alkanes of at least 4 members (excludes halogenated alkanes) is 1. The molecule has 11 heteroatoms. The van der Waals surface area contributed by atoms with Crippen molar-refractivity contribution in [2.45, 2.75) is 84.0 Å². The lowest BCUT2D eigenvalue weighted by Crippen LogP contribution is -2.59. The molecule has 0 heterocycles. The second-order valence-corrected chi connectivity index (χ2v) is 8.22. The number of carbonyl (C=O) groups is 4. The smallest absolute Gasteiger partial charge is 0.326 e. The number of aliphatic carboxylic acids is 1. The fourth-order valence-corrected chi connectivity index (χ4v) is 2.99. The third-order valence-corrected chi connectivity index (χ3v) is 5.69. The van der Waals surface area contributed by atoms with Crippen molar-refractivity contribution in [2.75, 3.05) is 13.2 Å². The van der Waals surface area contributed by atoms with Gasteiger partial charge in [0, 0.05) is 0 Å². The molecule has 0 aliphatic rings. The van der Waals surface area contributed by atoms with Gasteiger partial charge in [-0.1, -0.05) is 47.0 Å². The first-order valence-corrected chi connectivity index (χ1v) is 11.2. The number of nitrogens with two attached hydrogens (primary N) is 2. The number of aliphatic hydroxyl groups is 1. The molecule has 9 N–H and O–H groups in total. The van der Waals surface area contributed by atoms with Gasteiger partial charge in [-0.2, -0.15) is 0 Å². The molecule has 0 radical (unpaired) electrons. The van der Waals surface area contributed by atoms with E-state index >= 15 is 0 Å². The van der Waals surface area contributed by atoms with Crippen LogP contribution in [0.5, 0.6) is 0 Å². The Kier molecular flexibility index (Phi) is 14.5. The maximum absolute atomic E-state index is 12.9. The van der Waals surface area contributed by atoms with E-state index in [1.807, 2.05) is 6.92 Å². The molecule has 0 fully saturated rings. The standard InChI is InChI=1S/C21H41N5O6/c1-5-12(3)16(25-18(28)14(23)9-7-8-10-22)20(30)24-15(11-27)19(29)26-17(21(31)32)13(4)6-2/h12-17,27H,5-11,22-23H2,1-4H3,(H,24,30)(H,25,28)(H,26,29)(H,31,32). The molecule has 3 amide bonds. The summed E-state index contributed by atoms with van der Waals surface area (Å²) in [5.41, 5.74) is 11.3. The van der Waals surface area contributed by atoms with Gasteiger partial charge < -0.3 is 37.6 Å². The highest BCUT2D eigenvalue weighted by Gasteiger charge is 2.33. The molecular formula is C21H41N5O6. The molecule has 11 nitrogen and oxygen atoms in total. The number of carboxylic acids is 1. The minimum absolute atomic E-state index is 0.274. The van der Waals surface area contributed by atoms with E-state index in [4.69, 9.17) is 11.5 Å². The summed E-state index contributed by atoms with van der Waals surface area (Å²) in [6.45, 7) is 6.84. The van der Waals surface area contributed by atoms with Gasteiger partial charge in [0.2, 0.25) is 17.7 Å². The summed E-state index contributed by atoms with van der Waals surface area (Å²) >= 11 is 0. The number of hydrogen-bond acceptors (Lipinski definition) is 7. The highest BCUT2D eigenvalue weighted by Crippen LogP contribution is 2.11. The van der Waals surface area contributed by atoms with Crippen molar-refractivity contribution >= 4 is 23.7 Å². The van der Waals surface area contributed by atoms with Crippen molar-refractivity contribution in [2.24, 2.45) is 23.3 Å². The highest BCUT2D eigenvalue weighted by molar-refractivity contribution is 5.94. The largest absolute Gasteiger partial charge is 0.480 e. The zero-order valence-electron chi connectivity index (χ0n) is 19.6. The summed E-state index contributed by atoms with van der Waals surface area (Å²) in [7, 11) is 0. The monoisotopic (exact) mass is 459 g/mol. The molecule has 6 atom stereocenters. The number of carbonyl (C=O) groups excluding carboxylic acids is 3. The predicted molar refractivity (Wildman–Crippen MR) is 120 cm³/mol.